The number of carbonyl (C=O) groups excluding carboxylic acids is 3. The minimum absolute atomic E-state index is 0.0229. The summed E-state index contributed by atoms with van der Waals surface area (Å²) in [5.74, 6) is 1.34. The fraction of sp³-hybridized carbons (Fsp3) is 0.482. The lowest BCUT2D eigenvalue weighted by Gasteiger charge is -2.36. The molecule has 1 saturated carbocycles. The SMILES string of the molecule is C#Cc1c(F)ccc2cc(O)cc(-c3ncc4c(N5CC6CCC(C5)N6)nc(OCC5(CN6CCC(C(=O)CN7CCC(c8ccc9c(c8)C(C)N=C9C8CCC(=O)NC8=O)CC7)CC6)CC5)nc4c3F)c12. The van der Waals surface area contributed by atoms with Crippen LogP contribution in [0.25, 0.3) is 32.9 Å². The summed E-state index contributed by atoms with van der Waals surface area (Å²) in [5.41, 5.74) is 4.16. The second kappa shape index (κ2) is 18.6. The number of pyridine rings is 1. The highest BCUT2D eigenvalue weighted by Gasteiger charge is 2.46. The Hall–Kier alpha value is -6.41. The Morgan fingerprint density at radius 1 is 0.931 bits per heavy atom. The number of fused-ring (bicyclic) bond motifs is 5. The van der Waals surface area contributed by atoms with Crippen molar-refractivity contribution in [3.05, 3.63) is 82.5 Å². The molecule has 6 fully saturated rings. The van der Waals surface area contributed by atoms with Gasteiger partial charge in [-0.25, -0.2) is 8.78 Å². The number of anilines is 1. The molecule has 3 aromatic carbocycles. The van der Waals surface area contributed by atoms with Crippen LogP contribution in [0, 0.1) is 41.2 Å². The van der Waals surface area contributed by atoms with Gasteiger partial charge in [0.15, 0.2) is 5.82 Å². The third-order valence-corrected chi connectivity index (χ3v) is 16.8. The van der Waals surface area contributed by atoms with Gasteiger partial charge in [-0.1, -0.05) is 30.2 Å². The summed E-state index contributed by atoms with van der Waals surface area (Å²) in [6, 6.07) is 12.7. The van der Waals surface area contributed by atoms with Crippen LogP contribution >= 0.6 is 0 Å². The number of hydrogen-bond donors (Lipinski definition) is 3. The second-order valence-corrected chi connectivity index (χ2v) is 21.6. The number of nitrogens with one attached hydrogen (secondary N) is 2. The number of likely N-dealkylation sites (tertiary alicyclic amines) is 2. The number of Topliss-reactive ketones (excluding diaryl/α,β-unsaturated/α-hetero) is 1. The van der Waals surface area contributed by atoms with Crippen LogP contribution in [0.15, 0.2) is 53.7 Å². The summed E-state index contributed by atoms with van der Waals surface area (Å²) in [6.45, 7) is 8.54. The van der Waals surface area contributed by atoms with E-state index in [0.717, 1.165) is 101 Å². The Balaban J connectivity index is 0.678. The molecule has 5 saturated heterocycles. The number of hydrogen-bond acceptors (Lipinski definition) is 13. The van der Waals surface area contributed by atoms with Gasteiger partial charge in [-0.15, -0.1) is 6.42 Å². The molecular weight excluding hydrogens is 917 g/mol. The summed E-state index contributed by atoms with van der Waals surface area (Å²) in [7, 11) is 0. The Morgan fingerprint density at radius 3 is 2.43 bits per heavy atom. The fourth-order valence-electron chi connectivity index (χ4n) is 12.6. The maximum Gasteiger partial charge on any atom is 0.319 e. The van der Waals surface area contributed by atoms with Crippen LogP contribution in [0.4, 0.5) is 14.6 Å². The van der Waals surface area contributed by atoms with Gasteiger partial charge in [0, 0.05) is 72.2 Å². The Morgan fingerprint density at radius 2 is 1.69 bits per heavy atom. The highest BCUT2D eigenvalue weighted by atomic mass is 19.1. The van der Waals surface area contributed by atoms with Gasteiger partial charge >= 0.3 is 6.01 Å². The Bertz CT molecular complexity index is 3110. The lowest BCUT2D eigenvalue weighted by Crippen LogP contribution is -2.51. The quantitative estimate of drug-likeness (QED) is 0.0869. The third kappa shape index (κ3) is 8.76. The first-order valence-electron chi connectivity index (χ1n) is 25.8. The van der Waals surface area contributed by atoms with E-state index < -0.39 is 17.6 Å². The van der Waals surface area contributed by atoms with Crippen LogP contribution in [-0.2, 0) is 14.4 Å². The normalized spacial score (nSPS) is 24.6. The van der Waals surface area contributed by atoms with E-state index in [1.54, 1.807) is 6.20 Å². The maximum absolute atomic E-state index is 17.1. The number of nitrogens with zero attached hydrogens (tertiary/aromatic N) is 7. The van der Waals surface area contributed by atoms with E-state index in [1.165, 1.54) is 29.8 Å². The number of amides is 2. The molecule has 3 N–H and O–H groups in total. The van der Waals surface area contributed by atoms with Crippen molar-refractivity contribution in [1.29, 1.82) is 0 Å². The highest BCUT2D eigenvalue weighted by molar-refractivity contribution is 6.18. The predicted molar refractivity (Wildman–Crippen MR) is 269 cm³/mol. The van der Waals surface area contributed by atoms with Crippen molar-refractivity contribution in [2.75, 3.05) is 63.9 Å². The number of terminal acetylenes is 1. The zero-order chi connectivity index (χ0) is 49.4. The van der Waals surface area contributed by atoms with Crippen LogP contribution in [-0.4, -0.2) is 124 Å². The highest BCUT2D eigenvalue weighted by Crippen LogP contribution is 2.48. The lowest BCUT2D eigenvalue weighted by atomic mass is 9.84. The molecule has 12 rings (SSSR count). The molecule has 6 aliphatic heterocycles. The molecule has 7 aliphatic rings. The van der Waals surface area contributed by atoms with Gasteiger partial charge in [0.1, 0.15) is 34.4 Å². The largest absolute Gasteiger partial charge is 0.508 e. The van der Waals surface area contributed by atoms with Gasteiger partial charge in [0.05, 0.1) is 41.8 Å². The number of rotatable bonds is 12. The van der Waals surface area contributed by atoms with Crippen LogP contribution < -0.4 is 20.3 Å². The summed E-state index contributed by atoms with van der Waals surface area (Å²) in [6.07, 6.45) is 15.8. The second-order valence-electron chi connectivity index (χ2n) is 21.6. The van der Waals surface area contributed by atoms with E-state index in [4.69, 9.17) is 26.1 Å². The smallest absolute Gasteiger partial charge is 0.319 e. The predicted octanol–water partition coefficient (Wildman–Crippen LogP) is 6.99. The zero-order valence-electron chi connectivity index (χ0n) is 40.6. The van der Waals surface area contributed by atoms with E-state index in [-0.39, 0.29) is 80.8 Å². The molecule has 2 amide bonds. The number of ketones is 1. The van der Waals surface area contributed by atoms with Gasteiger partial charge in [-0.05, 0) is 132 Å². The minimum atomic E-state index is -0.744. The van der Waals surface area contributed by atoms with E-state index >= 15 is 8.78 Å². The van der Waals surface area contributed by atoms with E-state index in [1.807, 2.05) is 0 Å². The minimum Gasteiger partial charge on any atom is -0.508 e. The number of piperidine rings is 3. The molecule has 2 aromatic heterocycles. The van der Waals surface area contributed by atoms with Crippen molar-refractivity contribution in [3.8, 4) is 35.4 Å². The molecule has 8 heterocycles. The Labute approximate surface area is 417 Å². The van der Waals surface area contributed by atoms with E-state index in [2.05, 4.69) is 61.4 Å². The molecule has 2 bridgehead atoms. The molecule has 4 atom stereocenters. The number of aromatic nitrogens is 3. The van der Waals surface area contributed by atoms with Gasteiger partial charge < -0.3 is 25.0 Å². The number of phenols is 1. The van der Waals surface area contributed by atoms with Crippen LogP contribution in [0.3, 0.4) is 0 Å². The molecule has 0 radical (unpaired) electrons. The van der Waals surface area contributed by atoms with Crippen molar-refractivity contribution in [1.82, 2.24) is 35.4 Å². The molecule has 0 spiro atoms. The summed E-state index contributed by atoms with van der Waals surface area (Å²) in [4.78, 5) is 64.2. The number of piperazine rings is 1. The van der Waals surface area contributed by atoms with Gasteiger partial charge in [0.25, 0.3) is 0 Å². The molecule has 72 heavy (non-hydrogen) atoms. The number of imide groups is 1. The molecule has 4 unspecified atom stereocenters. The molecule has 1 aliphatic carbocycles. The molecule has 372 valence electrons. The standard InChI is InChI=1S/C56H59F2N9O5/c1-3-39-45(57)10-5-35-22-38(68)24-43(48(35)39)51-49(58)52-44(25-59-51)53(67-26-36-6-7-37(27-67)61-36)64-55(63-52)72-30-56(16-17-56)29-66-20-14-33(15-21-66)46(69)28-65-18-12-32(13-19-65)34-4-8-40-42(23-34)31(2)60-50(40)41-9-11-47(70)62-54(41)71/h1,4-5,8,10,22-25,31-33,36-37,41,61,68H,6-7,9,11-21,26-30H2,2H3,(H,62,70,71). The number of phenolic OH excluding ortho intramolecular Hbond substituents is 1. The van der Waals surface area contributed by atoms with Crippen LogP contribution in [0.5, 0.6) is 11.8 Å². The molecule has 14 nitrogen and oxygen atoms in total. The summed E-state index contributed by atoms with van der Waals surface area (Å²) < 4.78 is 38.7. The van der Waals surface area contributed by atoms with Crippen molar-refractivity contribution in [2.45, 2.75) is 95.2 Å². The van der Waals surface area contributed by atoms with Crippen molar-refractivity contribution < 1.29 is 33.0 Å². The Kier molecular flexibility index (Phi) is 12.0. The van der Waals surface area contributed by atoms with Crippen molar-refractivity contribution >= 4 is 50.8 Å². The lowest BCUT2D eigenvalue weighted by molar-refractivity contribution is -0.134. The summed E-state index contributed by atoms with van der Waals surface area (Å²) >= 11 is 0. The number of carbonyl (C=O) groups is 3. The van der Waals surface area contributed by atoms with E-state index in [9.17, 15) is 19.5 Å². The van der Waals surface area contributed by atoms with Crippen LogP contribution in [0.2, 0.25) is 0 Å². The fourth-order valence-corrected chi connectivity index (χ4v) is 12.6. The topological polar surface area (TPSA) is 165 Å². The van der Waals surface area contributed by atoms with Gasteiger partial charge in [0.2, 0.25) is 11.8 Å². The average molecular weight is 976 g/mol. The average Bonchev–Trinajstić information content (AvgIpc) is 3.96. The summed E-state index contributed by atoms with van der Waals surface area (Å²) in [5, 5.41) is 18.0. The van der Waals surface area contributed by atoms with E-state index in [0.29, 0.717) is 67.4 Å². The number of ether oxygens (including phenoxy) is 1. The van der Waals surface area contributed by atoms with Gasteiger partial charge in [-0.2, -0.15) is 9.97 Å². The number of aromatic hydroxyl groups is 1. The molecule has 16 heteroatoms. The monoisotopic (exact) mass is 975 g/mol. The van der Waals surface area contributed by atoms with Crippen LogP contribution in [0.1, 0.15) is 105 Å². The first kappa shape index (κ1) is 46.6. The van der Waals surface area contributed by atoms with Crippen molar-refractivity contribution in [2.24, 2.45) is 22.2 Å². The molecule has 5 aromatic rings. The maximum atomic E-state index is 17.1. The van der Waals surface area contributed by atoms with Gasteiger partial charge in [-0.3, -0.25) is 34.6 Å². The zero-order valence-corrected chi connectivity index (χ0v) is 40.6. The third-order valence-electron chi connectivity index (χ3n) is 16.8. The number of benzene rings is 3. The number of halogens is 2. The molecular formula is C56H59F2N9O5. The first-order valence-corrected chi connectivity index (χ1v) is 25.8. The first-order chi connectivity index (χ1) is 34.9. The number of aliphatic imine (C=N–C) groups is 1. The van der Waals surface area contributed by atoms with Crippen molar-refractivity contribution in [3.63, 3.8) is 0 Å².